The van der Waals surface area contributed by atoms with E-state index in [-0.39, 0.29) is 5.63 Å². The zero-order valence-electron chi connectivity index (χ0n) is 12.2. The lowest BCUT2D eigenvalue weighted by molar-refractivity contribution is 0.570. The Labute approximate surface area is 127 Å². The minimum atomic E-state index is -0.285. The van der Waals surface area contributed by atoms with Crippen molar-refractivity contribution in [2.75, 3.05) is 0 Å². The van der Waals surface area contributed by atoms with Gasteiger partial charge in [-0.15, -0.1) is 0 Å². The van der Waals surface area contributed by atoms with Crippen molar-refractivity contribution in [3.05, 3.63) is 82.7 Å². The molecule has 0 bridgehead atoms. The van der Waals surface area contributed by atoms with Crippen molar-refractivity contribution in [3.8, 4) is 11.1 Å². The van der Waals surface area contributed by atoms with Crippen LogP contribution in [0.3, 0.4) is 0 Å². The van der Waals surface area contributed by atoms with Crippen molar-refractivity contribution in [1.82, 2.24) is 0 Å². The van der Waals surface area contributed by atoms with Crippen LogP contribution in [0.5, 0.6) is 0 Å². The number of benzene rings is 3. The smallest absolute Gasteiger partial charge is 0.344 e. The third kappa shape index (κ3) is 1.92. The summed E-state index contributed by atoms with van der Waals surface area (Å²) in [6.45, 7) is 2.05. The second kappa shape index (κ2) is 4.85. The lowest BCUT2D eigenvalue weighted by Gasteiger charge is -2.09. The average Bonchev–Trinajstić information content (AvgIpc) is 2.55. The van der Waals surface area contributed by atoms with Gasteiger partial charge >= 0.3 is 5.63 Å². The van der Waals surface area contributed by atoms with E-state index in [2.05, 4.69) is 13.0 Å². The highest BCUT2D eigenvalue weighted by Gasteiger charge is 2.13. The summed E-state index contributed by atoms with van der Waals surface area (Å²) in [6, 6.07) is 21.7. The molecule has 0 fully saturated rings. The molecule has 0 saturated carbocycles. The van der Waals surface area contributed by atoms with Crippen LogP contribution in [0.4, 0.5) is 0 Å². The summed E-state index contributed by atoms with van der Waals surface area (Å²) in [5.74, 6) is 0. The van der Waals surface area contributed by atoms with E-state index in [1.54, 1.807) is 0 Å². The number of para-hydroxylation sites is 1. The van der Waals surface area contributed by atoms with Crippen molar-refractivity contribution in [3.63, 3.8) is 0 Å². The number of aryl methyl sites for hydroxylation is 1. The molecule has 3 aromatic carbocycles. The van der Waals surface area contributed by atoms with Crippen LogP contribution in [0.2, 0.25) is 0 Å². The fourth-order valence-electron chi connectivity index (χ4n) is 2.99. The number of hydrogen-bond acceptors (Lipinski definition) is 2. The zero-order valence-corrected chi connectivity index (χ0v) is 12.2. The Morgan fingerprint density at radius 3 is 2.36 bits per heavy atom. The summed E-state index contributed by atoms with van der Waals surface area (Å²) in [7, 11) is 0. The maximum Gasteiger partial charge on any atom is 0.344 e. The molecule has 2 nitrogen and oxygen atoms in total. The van der Waals surface area contributed by atoms with E-state index in [0.29, 0.717) is 11.0 Å². The van der Waals surface area contributed by atoms with Gasteiger partial charge in [-0.2, -0.15) is 0 Å². The van der Waals surface area contributed by atoms with Crippen LogP contribution in [0, 0.1) is 6.92 Å². The van der Waals surface area contributed by atoms with Gasteiger partial charge in [0.25, 0.3) is 0 Å². The second-order valence-electron chi connectivity index (χ2n) is 5.49. The number of hydrogen-bond donors (Lipinski definition) is 0. The predicted molar refractivity (Wildman–Crippen MR) is 90.2 cm³/mol. The Morgan fingerprint density at radius 2 is 1.55 bits per heavy atom. The quantitative estimate of drug-likeness (QED) is 0.367. The first kappa shape index (κ1) is 12.8. The fourth-order valence-corrected chi connectivity index (χ4v) is 2.99. The molecule has 0 aliphatic heterocycles. The Hall–Kier alpha value is -2.87. The van der Waals surface area contributed by atoms with E-state index in [0.717, 1.165) is 27.5 Å². The molecule has 0 radical (unpaired) electrons. The van der Waals surface area contributed by atoms with Crippen LogP contribution in [0.15, 0.2) is 75.9 Å². The molecule has 22 heavy (non-hydrogen) atoms. The van der Waals surface area contributed by atoms with E-state index >= 15 is 0 Å². The largest absolute Gasteiger partial charge is 0.422 e. The molecule has 2 heteroatoms. The van der Waals surface area contributed by atoms with Gasteiger partial charge in [-0.25, -0.2) is 4.79 Å². The van der Waals surface area contributed by atoms with Crippen molar-refractivity contribution < 1.29 is 4.42 Å². The summed E-state index contributed by atoms with van der Waals surface area (Å²) < 4.78 is 5.52. The van der Waals surface area contributed by atoms with Gasteiger partial charge < -0.3 is 4.42 Å². The SMILES string of the molecule is Cc1cc(-c2ccccc2)c2c(=O)oc3ccccc3c2c1. The minimum absolute atomic E-state index is 0.285. The third-order valence-corrected chi connectivity index (χ3v) is 3.95. The van der Waals surface area contributed by atoms with Crippen molar-refractivity contribution in [2.45, 2.75) is 6.92 Å². The van der Waals surface area contributed by atoms with Gasteiger partial charge in [-0.1, -0.05) is 60.7 Å². The number of fused-ring (bicyclic) bond motifs is 3. The van der Waals surface area contributed by atoms with Crippen molar-refractivity contribution in [1.29, 1.82) is 0 Å². The zero-order chi connectivity index (χ0) is 15.1. The highest BCUT2D eigenvalue weighted by Crippen LogP contribution is 2.31. The maximum atomic E-state index is 12.5. The molecule has 0 spiro atoms. The van der Waals surface area contributed by atoms with Gasteiger partial charge in [0.15, 0.2) is 0 Å². The highest BCUT2D eigenvalue weighted by molar-refractivity contribution is 6.09. The minimum Gasteiger partial charge on any atom is -0.422 e. The van der Waals surface area contributed by atoms with E-state index in [4.69, 9.17) is 4.42 Å². The Balaban J connectivity index is 2.24. The van der Waals surface area contributed by atoms with Crippen LogP contribution in [0.25, 0.3) is 32.9 Å². The van der Waals surface area contributed by atoms with E-state index in [9.17, 15) is 4.79 Å². The lowest BCUT2D eigenvalue weighted by Crippen LogP contribution is -2.02. The molecule has 0 aliphatic carbocycles. The summed E-state index contributed by atoms with van der Waals surface area (Å²) >= 11 is 0. The van der Waals surface area contributed by atoms with Crippen LogP contribution < -0.4 is 5.63 Å². The molecule has 0 N–H and O–H groups in total. The predicted octanol–water partition coefficient (Wildman–Crippen LogP) is 4.92. The van der Waals surface area contributed by atoms with E-state index in [1.165, 1.54) is 0 Å². The first-order valence-electron chi connectivity index (χ1n) is 7.26. The molecule has 0 atom stereocenters. The Kier molecular flexibility index (Phi) is 2.83. The Morgan fingerprint density at radius 1 is 0.818 bits per heavy atom. The Bertz CT molecular complexity index is 1040. The summed E-state index contributed by atoms with van der Waals surface area (Å²) in [5.41, 5.74) is 3.42. The molecule has 106 valence electrons. The topological polar surface area (TPSA) is 30.2 Å². The van der Waals surface area contributed by atoms with Crippen LogP contribution in [0.1, 0.15) is 5.56 Å². The fraction of sp³-hybridized carbons (Fsp3) is 0.0500. The first-order valence-corrected chi connectivity index (χ1v) is 7.26. The molecule has 4 aromatic rings. The molecule has 0 saturated heterocycles. The van der Waals surface area contributed by atoms with Gasteiger partial charge in [-0.05, 0) is 29.7 Å². The summed E-state index contributed by atoms with van der Waals surface area (Å²) in [5, 5.41) is 2.57. The van der Waals surface area contributed by atoms with Gasteiger partial charge in [0.2, 0.25) is 0 Å². The highest BCUT2D eigenvalue weighted by atomic mass is 16.4. The monoisotopic (exact) mass is 286 g/mol. The first-order chi connectivity index (χ1) is 10.7. The van der Waals surface area contributed by atoms with Crippen LogP contribution >= 0.6 is 0 Å². The molecular formula is C20H14O2. The van der Waals surface area contributed by atoms with Crippen LogP contribution in [-0.4, -0.2) is 0 Å². The summed E-state index contributed by atoms with van der Waals surface area (Å²) in [4.78, 5) is 12.5. The molecule has 1 aromatic heterocycles. The van der Waals surface area contributed by atoms with Crippen LogP contribution in [-0.2, 0) is 0 Å². The van der Waals surface area contributed by atoms with Gasteiger partial charge in [0.1, 0.15) is 5.58 Å². The molecule has 1 heterocycles. The molecule has 0 unspecified atom stereocenters. The molecular weight excluding hydrogens is 272 g/mol. The molecule has 0 aliphatic rings. The van der Waals surface area contributed by atoms with Gasteiger partial charge in [0, 0.05) is 10.8 Å². The maximum absolute atomic E-state index is 12.5. The summed E-state index contributed by atoms with van der Waals surface area (Å²) in [6.07, 6.45) is 0. The van der Waals surface area contributed by atoms with E-state index in [1.807, 2.05) is 60.7 Å². The van der Waals surface area contributed by atoms with Crippen molar-refractivity contribution >= 4 is 21.7 Å². The normalized spacial score (nSPS) is 11.1. The molecule has 4 rings (SSSR count). The number of rotatable bonds is 1. The van der Waals surface area contributed by atoms with Gasteiger partial charge in [0.05, 0.1) is 5.39 Å². The lowest BCUT2D eigenvalue weighted by atomic mass is 9.95. The third-order valence-electron chi connectivity index (χ3n) is 3.95. The standard InChI is InChI=1S/C20H14O2/c1-13-11-16(14-7-3-2-4-8-14)19-17(12-13)15-9-5-6-10-18(15)22-20(19)21/h2-12H,1H3. The van der Waals surface area contributed by atoms with Crippen molar-refractivity contribution in [2.24, 2.45) is 0 Å². The van der Waals surface area contributed by atoms with Gasteiger partial charge in [-0.3, -0.25) is 0 Å². The molecule has 0 amide bonds. The van der Waals surface area contributed by atoms with E-state index < -0.39 is 0 Å². The average molecular weight is 286 g/mol. The second-order valence-corrected chi connectivity index (χ2v) is 5.49.